The molecule has 0 aliphatic carbocycles. The van der Waals surface area contributed by atoms with Crippen molar-refractivity contribution in [2.24, 2.45) is 0 Å². The fourth-order valence-corrected chi connectivity index (χ4v) is 2.90. The first-order valence-electron chi connectivity index (χ1n) is 7.14. The fraction of sp³-hybridized carbons (Fsp3) is 0.333. The number of rotatable bonds is 6. The molecule has 0 saturated heterocycles. The Hall–Kier alpha value is -1.43. The van der Waals surface area contributed by atoms with Gasteiger partial charge in [-0.2, -0.15) is 0 Å². The first-order valence-corrected chi connectivity index (χ1v) is 8.22. The molecule has 0 bridgehead atoms. The van der Waals surface area contributed by atoms with E-state index >= 15 is 0 Å². The predicted molar refractivity (Wildman–Crippen MR) is 96.9 cm³/mol. The van der Waals surface area contributed by atoms with E-state index in [1.807, 2.05) is 12.1 Å². The van der Waals surface area contributed by atoms with Gasteiger partial charge in [0.05, 0.1) is 14.2 Å². The second-order valence-electron chi connectivity index (χ2n) is 5.35. The van der Waals surface area contributed by atoms with Gasteiger partial charge >= 0.3 is 0 Å². The molecule has 3 nitrogen and oxygen atoms in total. The highest BCUT2D eigenvalue weighted by molar-refractivity contribution is 14.1. The summed E-state index contributed by atoms with van der Waals surface area (Å²) in [5.41, 5.74) is 3.69. The lowest BCUT2D eigenvalue weighted by Gasteiger charge is -2.09. The number of halogens is 1. The minimum absolute atomic E-state index is 0.748. The van der Waals surface area contributed by atoms with Crippen molar-refractivity contribution in [1.29, 1.82) is 0 Å². The Labute approximate surface area is 145 Å². The number of hydrogen-bond acceptors (Lipinski definition) is 3. The number of benzene rings is 1. The molecular formula is C18H21IO3. The third kappa shape index (κ3) is 4.29. The molecule has 0 aliphatic rings. The van der Waals surface area contributed by atoms with Crippen LogP contribution in [0.15, 0.2) is 40.3 Å². The van der Waals surface area contributed by atoms with E-state index in [2.05, 4.69) is 54.6 Å². The normalized spacial score (nSPS) is 10.4. The van der Waals surface area contributed by atoms with Crippen LogP contribution >= 0.6 is 22.6 Å². The summed E-state index contributed by atoms with van der Waals surface area (Å²) in [5, 5.41) is 0. The van der Waals surface area contributed by atoms with Crippen LogP contribution in [0.4, 0.5) is 0 Å². The Morgan fingerprint density at radius 3 is 2.50 bits per heavy atom. The lowest BCUT2D eigenvalue weighted by atomic mass is 10.0. The molecule has 0 N–H and O–H groups in total. The summed E-state index contributed by atoms with van der Waals surface area (Å²) in [7, 11) is 3.30. The molecule has 0 amide bonds. The lowest BCUT2D eigenvalue weighted by molar-refractivity contribution is 0.354. The summed E-state index contributed by atoms with van der Waals surface area (Å²) in [6, 6.07) is 8.12. The predicted octanol–water partition coefficient (Wildman–Crippen LogP) is 5.00. The molecule has 118 valence electrons. The van der Waals surface area contributed by atoms with Crippen LogP contribution < -0.4 is 9.47 Å². The highest BCUT2D eigenvalue weighted by Gasteiger charge is 2.11. The van der Waals surface area contributed by atoms with Crippen LogP contribution in [-0.2, 0) is 12.8 Å². The molecule has 2 aromatic rings. The molecule has 1 aromatic heterocycles. The Morgan fingerprint density at radius 2 is 1.86 bits per heavy atom. The topological polar surface area (TPSA) is 31.6 Å². The van der Waals surface area contributed by atoms with E-state index in [0.717, 1.165) is 33.9 Å². The first-order chi connectivity index (χ1) is 10.5. The summed E-state index contributed by atoms with van der Waals surface area (Å²) in [4.78, 5) is 0. The van der Waals surface area contributed by atoms with Gasteiger partial charge in [-0.25, -0.2) is 0 Å². The lowest BCUT2D eigenvalue weighted by Crippen LogP contribution is -1.95. The third-order valence-electron chi connectivity index (χ3n) is 3.40. The van der Waals surface area contributed by atoms with Crippen LogP contribution in [-0.4, -0.2) is 14.2 Å². The van der Waals surface area contributed by atoms with Gasteiger partial charge in [0.1, 0.15) is 5.76 Å². The van der Waals surface area contributed by atoms with Gasteiger partial charge in [-0.3, -0.25) is 0 Å². The molecule has 0 fully saturated rings. The summed E-state index contributed by atoms with van der Waals surface area (Å²) in [6.07, 6.45) is 3.83. The molecule has 0 saturated carbocycles. The van der Waals surface area contributed by atoms with Gasteiger partial charge in [-0.1, -0.05) is 17.7 Å². The molecule has 2 rings (SSSR count). The summed E-state index contributed by atoms with van der Waals surface area (Å²) in [6.45, 7) is 4.20. The highest BCUT2D eigenvalue weighted by Crippen LogP contribution is 2.29. The number of allylic oxidation sites excluding steroid dienone is 2. The largest absolute Gasteiger partial charge is 0.493 e. The maximum absolute atomic E-state index is 5.82. The van der Waals surface area contributed by atoms with Crippen molar-refractivity contribution in [2.45, 2.75) is 26.7 Å². The van der Waals surface area contributed by atoms with E-state index in [0.29, 0.717) is 0 Å². The summed E-state index contributed by atoms with van der Waals surface area (Å²) < 4.78 is 17.4. The summed E-state index contributed by atoms with van der Waals surface area (Å²) in [5.74, 6) is 2.53. The van der Waals surface area contributed by atoms with E-state index in [9.17, 15) is 0 Å². The van der Waals surface area contributed by atoms with Crippen LogP contribution in [0.5, 0.6) is 11.5 Å². The van der Waals surface area contributed by atoms with Gasteiger partial charge < -0.3 is 13.9 Å². The highest BCUT2D eigenvalue weighted by atomic mass is 127. The molecule has 22 heavy (non-hydrogen) atoms. The molecule has 0 unspecified atom stereocenters. The molecule has 1 aromatic carbocycles. The van der Waals surface area contributed by atoms with Crippen molar-refractivity contribution in [3.63, 3.8) is 0 Å². The van der Waals surface area contributed by atoms with Gasteiger partial charge in [0.25, 0.3) is 0 Å². The maximum Gasteiger partial charge on any atom is 0.164 e. The minimum atomic E-state index is 0.748. The Bertz CT molecular complexity index is 667. The zero-order chi connectivity index (χ0) is 16.1. The van der Waals surface area contributed by atoms with Gasteiger partial charge in [-0.15, -0.1) is 0 Å². The molecular weight excluding hydrogens is 391 g/mol. The van der Waals surface area contributed by atoms with Crippen molar-refractivity contribution in [3.8, 4) is 11.5 Å². The zero-order valence-corrected chi connectivity index (χ0v) is 15.6. The van der Waals surface area contributed by atoms with Crippen LogP contribution in [0.3, 0.4) is 0 Å². The van der Waals surface area contributed by atoms with Crippen molar-refractivity contribution in [2.75, 3.05) is 14.2 Å². The SMILES string of the molecule is COc1ccc(Cc2cc(I)oc2CC=C(C)C)cc1OC. The van der Waals surface area contributed by atoms with E-state index in [4.69, 9.17) is 13.9 Å². The monoisotopic (exact) mass is 412 g/mol. The average molecular weight is 412 g/mol. The van der Waals surface area contributed by atoms with Crippen molar-refractivity contribution >= 4 is 22.6 Å². The van der Waals surface area contributed by atoms with Crippen molar-refractivity contribution < 1.29 is 13.9 Å². The van der Waals surface area contributed by atoms with Gasteiger partial charge in [0.15, 0.2) is 15.3 Å². The smallest absolute Gasteiger partial charge is 0.164 e. The number of methoxy groups -OCH3 is 2. The standard InChI is InChI=1S/C18H21IO3/c1-12(2)5-7-15-14(11-18(19)22-15)9-13-6-8-16(20-3)17(10-13)21-4/h5-6,8,10-11H,7,9H2,1-4H3. The quantitative estimate of drug-likeness (QED) is 0.494. The van der Waals surface area contributed by atoms with Crippen LogP contribution in [0.2, 0.25) is 0 Å². The van der Waals surface area contributed by atoms with Crippen LogP contribution in [0.1, 0.15) is 30.7 Å². The summed E-state index contributed by atoms with van der Waals surface area (Å²) >= 11 is 2.22. The number of ether oxygens (including phenoxy) is 2. The molecule has 1 heterocycles. The molecule has 0 radical (unpaired) electrons. The molecule has 4 heteroatoms. The van der Waals surface area contributed by atoms with E-state index in [1.165, 1.54) is 16.7 Å². The molecule has 0 aliphatic heterocycles. The second kappa shape index (κ2) is 7.72. The second-order valence-corrected chi connectivity index (χ2v) is 6.41. The first kappa shape index (κ1) is 16.9. The third-order valence-corrected chi connectivity index (χ3v) is 3.94. The number of furan rings is 1. The van der Waals surface area contributed by atoms with E-state index in [-0.39, 0.29) is 0 Å². The number of hydrogen-bond donors (Lipinski definition) is 0. The molecule has 0 spiro atoms. The van der Waals surface area contributed by atoms with Crippen molar-refractivity contribution in [1.82, 2.24) is 0 Å². The Balaban J connectivity index is 2.25. The van der Waals surface area contributed by atoms with Gasteiger partial charge in [0, 0.05) is 12.8 Å². The van der Waals surface area contributed by atoms with E-state index < -0.39 is 0 Å². The van der Waals surface area contributed by atoms with Crippen molar-refractivity contribution in [3.05, 3.63) is 56.6 Å². The molecule has 0 atom stereocenters. The Morgan fingerprint density at radius 1 is 1.14 bits per heavy atom. The Kier molecular flexibility index (Phi) is 5.94. The zero-order valence-electron chi connectivity index (χ0n) is 13.4. The van der Waals surface area contributed by atoms with Crippen LogP contribution in [0.25, 0.3) is 0 Å². The minimum Gasteiger partial charge on any atom is -0.493 e. The average Bonchev–Trinajstić information content (AvgIpc) is 2.84. The fourth-order valence-electron chi connectivity index (χ4n) is 2.26. The van der Waals surface area contributed by atoms with Crippen LogP contribution in [0, 0.1) is 3.77 Å². The van der Waals surface area contributed by atoms with Gasteiger partial charge in [0.2, 0.25) is 0 Å². The van der Waals surface area contributed by atoms with E-state index in [1.54, 1.807) is 14.2 Å². The van der Waals surface area contributed by atoms with Gasteiger partial charge in [-0.05, 0) is 65.8 Å². The maximum atomic E-state index is 5.82.